The van der Waals surface area contributed by atoms with Crippen LogP contribution in [0.5, 0.6) is 0 Å². The Balaban J connectivity index is 4.73. The maximum absolute atomic E-state index is 11.5. The van der Waals surface area contributed by atoms with Crippen LogP contribution >= 0.6 is 0 Å². The monoisotopic (exact) mass is 218 g/mol. The predicted octanol–water partition coefficient (Wildman–Crippen LogP) is 0.659. The molecule has 0 aliphatic heterocycles. The minimum atomic E-state index is -1.57. The van der Waals surface area contributed by atoms with E-state index in [2.05, 4.69) is 0 Å². The van der Waals surface area contributed by atoms with Crippen LogP contribution in [0.2, 0.25) is 0 Å². The number of aliphatic hydroxyl groups is 1. The summed E-state index contributed by atoms with van der Waals surface area (Å²) in [4.78, 5) is 22.5. The molecule has 2 unspecified atom stereocenters. The smallest absolute Gasteiger partial charge is 0.323 e. The first-order valence-corrected chi connectivity index (χ1v) is 4.90. The summed E-state index contributed by atoms with van der Waals surface area (Å²) in [6.07, 6.45) is 0.0671. The molecule has 0 heterocycles. The van der Waals surface area contributed by atoms with Crippen LogP contribution in [0.1, 0.15) is 27.2 Å². The number of aliphatic carboxylic acids is 1. The van der Waals surface area contributed by atoms with Crippen LogP contribution in [0.25, 0.3) is 0 Å². The fraction of sp³-hybridized carbons (Fsp3) is 0.800. The predicted molar refractivity (Wildman–Crippen MR) is 53.2 cm³/mol. The first kappa shape index (κ1) is 13.9. The molecule has 0 bridgehead atoms. The first-order chi connectivity index (χ1) is 6.88. The van der Waals surface area contributed by atoms with Crippen molar-refractivity contribution in [2.24, 2.45) is 11.3 Å². The van der Waals surface area contributed by atoms with Crippen LogP contribution < -0.4 is 0 Å². The molecule has 15 heavy (non-hydrogen) atoms. The largest absolute Gasteiger partial charge is 0.480 e. The van der Waals surface area contributed by atoms with Crippen molar-refractivity contribution in [3.05, 3.63) is 0 Å². The van der Waals surface area contributed by atoms with Crippen molar-refractivity contribution in [1.82, 2.24) is 0 Å². The molecule has 0 aromatic rings. The minimum absolute atomic E-state index is 0.0671. The second-order valence-corrected chi connectivity index (χ2v) is 3.85. The van der Waals surface area contributed by atoms with Gasteiger partial charge in [-0.25, -0.2) is 0 Å². The lowest BCUT2D eigenvalue weighted by molar-refractivity contribution is -0.168. The lowest BCUT2D eigenvalue weighted by Crippen LogP contribution is -2.39. The zero-order chi connectivity index (χ0) is 12.1. The molecule has 0 aliphatic rings. The summed E-state index contributed by atoms with van der Waals surface area (Å²) in [6, 6.07) is 0. The second kappa shape index (κ2) is 5.70. The van der Waals surface area contributed by atoms with Crippen molar-refractivity contribution in [2.75, 3.05) is 13.2 Å². The van der Waals surface area contributed by atoms with E-state index < -0.39 is 17.4 Å². The zero-order valence-corrected chi connectivity index (χ0v) is 9.32. The van der Waals surface area contributed by atoms with Gasteiger partial charge in [0, 0.05) is 6.61 Å². The lowest BCUT2D eigenvalue weighted by Gasteiger charge is -2.24. The fourth-order valence-corrected chi connectivity index (χ4v) is 1.31. The summed E-state index contributed by atoms with van der Waals surface area (Å²) in [5.74, 6) is -2.23. The van der Waals surface area contributed by atoms with Crippen molar-refractivity contribution < 1.29 is 24.5 Å². The number of carboxylic acid groups (broad SMARTS) is 1. The number of ether oxygens (including phenoxy) is 1. The van der Waals surface area contributed by atoms with E-state index in [-0.39, 0.29) is 25.6 Å². The van der Waals surface area contributed by atoms with E-state index in [1.165, 1.54) is 6.92 Å². The molecule has 0 radical (unpaired) electrons. The van der Waals surface area contributed by atoms with E-state index >= 15 is 0 Å². The van der Waals surface area contributed by atoms with Gasteiger partial charge in [0.1, 0.15) is 0 Å². The van der Waals surface area contributed by atoms with Gasteiger partial charge in [-0.1, -0.05) is 6.92 Å². The summed E-state index contributed by atoms with van der Waals surface area (Å²) in [5, 5.41) is 17.8. The molecule has 0 fully saturated rings. The van der Waals surface area contributed by atoms with Crippen LogP contribution in [0.4, 0.5) is 0 Å². The van der Waals surface area contributed by atoms with E-state index in [0.717, 1.165) is 0 Å². The molecule has 0 amide bonds. The number of carbonyl (C=O) groups excluding carboxylic acids is 1. The SMILES string of the molecule is CCOC(=O)C(C)(CC(C)CO)C(=O)O. The van der Waals surface area contributed by atoms with E-state index in [4.69, 9.17) is 14.9 Å². The number of esters is 1. The average molecular weight is 218 g/mol. The van der Waals surface area contributed by atoms with Crippen LogP contribution in [-0.4, -0.2) is 35.4 Å². The third-order valence-corrected chi connectivity index (χ3v) is 2.27. The van der Waals surface area contributed by atoms with Gasteiger partial charge in [-0.2, -0.15) is 0 Å². The molecule has 5 nitrogen and oxygen atoms in total. The van der Waals surface area contributed by atoms with Crippen molar-refractivity contribution in [3.63, 3.8) is 0 Å². The van der Waals surface area contributed by atoms with Crippen LogP contribution in [0.15, 0.2) is 0 Å². The second-order valence-electron chi connectivity index (χ2n) is 3.85. The molecule has 88 valence electrons. The van der Waals surface area contributed by atoms with E-state index in [0.29, 0.717) is 0 Å². The van der Waals surface area contributed by atoms with Gasteiger partial charge < -0.3 is 14.9 Å². The van der Waals surface area contributed by atoms with Gasteiger partial charge in [0.15, 0.2) is 5.41 Å². The van der Waals surface area contributed by atoms with E-state index in [1.807, 2.05) is 0 Å². The topological polar surface area (TPSA) is 83.8 Å². The molecular formula is C10H18O5. The zero-order valence-electron chi connectivity index (χ0n) is 9.32. The summed E-state index contributed by atoms with van der Waals surface area (Å²) in [5.41, 5.74) is -1.57. The summed E-state index contributed by atoms with van der Waals surface area (Å²) >= 11 is 0. The highest BCUT2D eigenvalue weighted by molar-refractivity contribution is 5.98. The Kier molecular flexibility index (Phi) is 5.28. The molecular weight excluding hydrogens is 200 g/mol. The Morgan fingerprint density at radius 2 is 2.00 bits per heavy atom. The standard InChI is InChI=1S/C10H18O5/c1-4-15-9(14)10(3,8(12)13)5-7(2)6-11/h7,11H,4-6H2,1-3H3,(H,12,13). The Labute approximate surface area is 89.0 Å². The normalized spacial score (nSPS) is 16.5. The van der Waals surface area contributed by atoms with Gasteiger partial charge in [0.05, 0.1) is 6.61 Å². The van der Waals surface area contributed by atoms with Gasteiger partial charge >= 0.3 is 11.9 Å². The van der Waals surface area contributed by atoms with Crippen LogP contribution in [0, 0.1) is 11.3 Å². The number of hydrogen-bond donors (Lipinski definition) is 2. The van der Waals surface area contributed by atoms with Gasteiger partial charge in [-0.05, 0) is 26.2 Å². The molecule has 0 saturated heterocycles. The molecule has 0 aliphatic carbocycles. The van der Waals surface area contributed by atoms with Gasteiger partial charge in [-0.3, -0.25) is 9.59 Å². The average Bonchev–Trinajstić information content (AvgIpc) is 2.17. The first-order valence-electron chi connectivity index (χ1n) is 4.90. The highest BCUT2D eigenvalue weighted by Gasteiger charge is 2.43. The summed E-state index contributed by atoms with van der Waals surface area (Å²) < 4.78 is 4.71. The number of aliphatic hydroxyl groups excluding tert-OH is 1. The molecule has 2 atom stereocenters. The Morgan fingerprint density at radius 3 is 2.33 bits per heavy atom. The number of rotatable bonds is 6. The number of hydrogen-bond acceptors (Lipinski definition) is 4. The van der Waals surface area contributed by atoms with Crippen molar-refractivity contribution in [1.29, 1.82) is 0 Å². The molecule has 0 rings (SSSR count). The molecule has 0 spiro atoms. The Bertz CT molecular complexity index is 238. The van der Waals surface area contributed by atoms with Gasteiger partial charge in [0.2, 0.25) is 0 Å². The molecule has 0 aromatic carbocycles. The number of carbonyl (C=O) groups is 2. The van der Waals surface area contributed by atoms with Crippen LogP contribution in [-0.2, 0) is 14.3 Å². The highest BCUT2D eigenvalue weighted by Crippen LogP contribution is 2.28. The Hall–Kier alpha value is -1.10. The molecule has 2 N–H and O–H groups in total. The van der Waals surface area contributed by atoms with E-state index in [1.54, 1.807) is 13.8 Å². The number of carboxylic acids is 1. The fourth-order valence-electron chi connectivity index (χ4n) is 1.31. The maximum atomic E-state index is 11.5. The Morgan fingerprint density at radius 1 is 1.47 bits per heavy atom. The van der Waals surface area contributed by atoms with Crippen LogP contribution in [0.3, 0.4) is 0 Å². The molecule has 5 heteroatoms. The van der Waals surface area contributed by atoms with Gasteiger partial charge in [-0.15, -0.1) is 0 Å². The van der Waals surface area contributed by atoms with E-state index in [9.17, 15) is 9.59 Å². The summed E-state index contributed by atoms with van der Waals surface area (Å²) in [6.45, 7) is 4.62. The quantitative estimate of drug-likeness (QED) is 0.505. The summed E-state index contributed by atoms with van der Waals surface area (Å²) in [7, 11) is 0. The third kappa shape index (κ3) is 3.51. The maximum Gasteiger partial charge on any atom is 0.323 e. The van der Waals surface area contributed by atoms with Crippen molar-refractivity contribution >= 4 is 11.9 Å². The highest BCUT2D eigenvalue weighted by atomic mass is 16.5. The molecule has 0 saturated carbocycles. The third-order valence-electron chi connectivity index (χ3n) is 2.27. The lowest BCUT2D eigenvalue weighted by atomic mass is 9.81. The van der Waals surface area contributed by atoms with Gasteiger partial charge in [0.25, 0.3) is 0 Å². The molecule has 0 aromatic heterocycles. The van der Waals surface area contributed by atoms with Crippen molar-refractivity contribution in [3.8, 4) is 0 Å². The van der Waals surface area contributed by atoms with Crippen molar-refractivity contribution in [2.45, 2.75) is 27.2 Å². The minimum Gasteiger partial charge on any atom is -0.480 e.